The normalized spacial score (nSPS) is 21.7. The van der Waals surface area contributed by atoms with Gasteiger partial charge in [0.15, 0.2) is 0 Å². The molecule has 0 bridgehead atoms. The summed E-state index contributed by atoms with van der Waals surface area (Å²) in [7, 11) is 0. The van der Waals surface area contributed by atoms with Crippen molar-refractivity contribution >= 4 is 22.7 Å². The van der Waals surface area contributed by atoms with Crippen LogP contribution in [0.5, 0.6) is 5.75 Å². The van der Waals surface area contributed by atoms with Gasteiger partial charge in [-0.2, -0.15) is 11.8 Å². The summed E-state index contributed by atoms with van der Waals surface area (Å²) in [4.78, 5) is 22.3. The number of piperidine rings is 1. The van der Waals surface area contributed by atoms with Crippen LogP contribution in [0.3, 0.4) is 0 Å². The summed E-state index contributed by atoms with van der Waals surface area (Å²) in [5.74, 6) is 1.46. The highest BCUT2D eigenvalue weighted by Gasteiger charge is 2.29. The number of fused-ring (bicyclic) bond motifs is 1. The van der Waals surface area contributed by atoms with E-state index in [1.165, 1.54) is 6.07 Å². The summed E-state index contributed by atoms with van der Waals surface area (Å²) in [6.45, 7) is 5.91. The second kappa shape index (κ2) is 10.1. The summed E-state index contributed by atoms with van der Waals surface area (Å²) in [6, 6.07) is 3.57. The summed E-state index contributed by atoms with van der Waals surface area (Å²) in [5.41, 5.74) is -0.0832. The molecule has 0 saturated carbocycles. The fourth-order valence-electron chi connectivity index (χ4n) is 4.57. The van der Waals surface area contributed by atoms with Crippen LogP contribution in [0.4, 0.5) is 4.39 Å². The predicted molar refractivity (Wildman–Crippen MR) is 122 cm³/mol. The van der Waals surface area contributed by atoms with Crippen molar-refractivity contribution in [2.24, 2.45) is 5.92 Å². The van der Waals surface area contributed by atoms with E-state index in [0.29, 0.717) is 46.7 Å². The first-order valence-corrected chi connectivity index (χ1v) is 12.6. The minimum atomic E-state index is -0.588. The van der Waals surface area contributed by atoms with Crippen LogP contribution in [0.25, 0.3) is 10.9 Å². The topological polar surface area (TPSA) is 76.7 Å². The Hall–Kier alpha value is -1.68. The minimum Gasteiger partial charge on any atom is -0.493 e. The molecule has 1 N–H and O–H groups in total. The lowest BCUT2D eigenvalue weighted by atomic mass is 9.96. The Kier molecular flexibility index (Phi) is 6.96. The van der Waals surface area contributed by atoms with Gasteiger partial charge in [0.2, 0.25) is 0 Å². The number of H-pyrrole nitrogens is 1. The van der Waals surface area contributed by atoms with Crippen molar-refractivity contribution in [3.05, 3.63) is 34.1 Å². The molecule has 3 saturated heterocycles. The first-order valence-electron chi connectivity index (χ1n) is 11.5. The van der Waals surface area contributed by atoms with E-state index in [-0.39, 0.29) is 5.39 Å². The molecule has 3 fully saturated rings. The third kappa shape index (κ3) is 5.11. The van der Waals surface area contributed by atoms with E-state index in [0.717, 1.165) is 65.2 Å². The lowest BCUT2D eigenvalue weighted by Crippen LogP contribution is -2.52. The summed E-state index contributed by atoms with van der Waals surface area (Å²) in [5, 5.41) is 0.493. The number of aromatic amines is 1. The van der Waals surface area contributed by atoms with Gasteiger partial charge in [-0.05, 0) is 44.7 Å². The van der Waals surface area contributed by atoms with Gasteiger partial charge < -0.3 is 19.2 Å². The standard InChI is InChI=1S/C23H30FN3O4S/c24-19-9-17(31-11-15-1-5-27(6-2-15)16-12-30-13-16)10-20-22(19)23(28)26-21(25-20)14-32-18-3-7-29-8-4-18/h9-10,15-16,18H,1-8,11-14H2,(H,25,26,28). The maximum atomic E-state index is 14.7. The fraction of sp³-hybridized carbons (Fsp3) is 0.652. The number of benzene rings is 1. The molecule has 3 aliphatic rings. The summed E-state index contributed by atoms with van der Waals surface area (Å²) in [6.07, 6.45) is 4.14. The zero-order valence-electron chi connectivity index (χ0n) is 18.2. The molecule has 0 amide bonds. The SMILES string of the molecule is O=c1[nH]c(CSC2CCOCC2)nc2cc(OCC3CCN(C4COC4)CC3)cc(F)c12. The number of ether oxygens (including phenoxy) is 3. The number of rotatable bonds is 7. The second-order valence-corrected chi connectivity index (χ2v) is 10.2. The molecule has 1 aromatic carbocycles. The number of halogens is 1. The molecule has 4 heterocycles. The highest BCUT2D eigenvalue weighted by Crippen LogP contribution is 2.27. The molecule has 0 atom stereocenters. The molecule has 9 heteroatoms. The van der Waals surface area contributed by atoms with Gasteiger partial charge in [0.25, 0.3) is 5.56 Å². The zero-order valence-corrected chi connectivity index (χ0v) is 19.0. The number of aromatic nitrogens is 2. The van der Waals surface area contributed by atoms with E-state index in [1.54, 1.807) is 17.8 Å². The molecule has 0 unspecified atom stereocenters. The van der Waals surface area contributed by atoms with E-state index >= 15 is 0 Å². The highest BCUT2D eigenvalue weighted by molar-refractivity contribution is 7.99. The maximum absolute atomic E-state index is 14.7. The highest BCUT2D eigenvalue weighted by atomic mass is 32.2. The van der Waals surface area contributed by atoms with Crippen LogP contribution in [0.15, 0.2) is 16.9 Å². The number of nitrogens with zero attached hydrogens (tertiary/aromatic N) is 2. The molecule has 1 aromatic heterocycles. The molecule has 0 radical (unpaired) electrons. The number of likely N-dealkylation sites (tertiary alicyclic amines) is 1. The van der Waals surface area contributed by atoms with Gasteiger partial charge in [-0.3, -0.25) is 9.69 Å². The molecule has 0 aliphatic carbocycles. The molecule has 2 aromatic rings. The Morgan fingerprint density at radius 1 is 1.16 bits per heavy atom. The van der Waals surface area contributed by atoms with Crippen LogP contribution in [0.1, 0.15) is 31.5 Å². The number of hydrogen-bond acceptors (Lipinski definition) is 7. The van der Waals surface area contributed by atoms with Gasteiger partial charge in [-0.25, -0.2) is 9.37 Å². The van der Waals surface area contributed by atoms with Crippen molar-refractivity contribution in [1.29, 1.82) is 0 Å². The molecule has 5 rings (SSSR count). The molecular formula is C23H30FN3O4S. The van der Waals surface area contributed by atoms with Gasteiger partial charge in [-0.15, -0.1) is 0 Å². The average Bonchev–Trinajstić information content (AvgIpc) is 2.76. The van der Waals surface area contributed by atoms with E-state index in [2.05, 4.69) is 14.9 Å². The monoisotopic (exact) mass is 463 g/mol. The summed E-state index contributed by atoms with van der Waals surface area (Å²) >= 11 is 1.76. The van der Waals surface area contributed by atoms with Crippen LogP contribution in [0.2, 0.25) is 0 Å². The molecule has 3 aliphatic heterocycles. The van der Waals surface area contributed by atoms with E-state index in [9.17, 15) is 9.18 Å². The van der Waals surface area contributed by atoms with Crippen LogP contribution < -0.4 is 10.3 Å². The largest absolute Gasteiger partial charge is 0.493 e. The van der Waals surface area contributed by atoms with Gasteiger partial charge in [0, 0.05) is 30.6 Å². The van der Waals surface area contributed by atoms with Crippen molar-refractivity contribution in [1.82, 2.24) is 14.9 Å². The van der Waals surface area contributed by atoms with Gasteiger partial charge >= 0.3 is 0 Å². The van der Waals surface area contributed by atoms with Crippen LogP contribution in [0, 0.1) is 11.7 Å². The number of thioether (sulfide) groups is 1. The van der Waals surface area contributed by atoms with Crippen molar-refractivity contribution in [2.75, 3.05) is 46.1 Å². The smallest absolute Gasteiger partial charge is 0.261 e. The van der Waals surface area contributed by atoms with Crippen molar-refractivity contribution in [2.45, 2.75) is 42.7 Å². The first-order chi connectivity index (χ1) is 15.7. The maximum Gasteiger partial charge on any atom is 0.261 e. The number of nitrogens with one attached hydrogen (secondary N) is 1. The third-order valence-corrected chi connectivity index (χ3v) is 8.06. The van der Waals surface area contributed by atoms with Crippen LogP contribution in [-0.2, 0) is 15.2 Å². The Balaban J connectivity index is 1.22. The summed E-state index contributed by atoms with van der Waals surface area (Å²) < 4.78 is 31.3. The quantitative estimate of drug-likeness (QED) is 0.677. The van der Waals surface area contributed by atoms with E-state index in [4.69, 9.17) is 14.2 Å². The van der Waals surface area contributed by atoms with Crippen molar-refractivity contribution < 1.29 is 18.6 Å². The van der Waals surface area contributed by atoms with Crippen LogP contribution in [-0.4, -0.2) is 72.3 Å². The second-order valence-electron chi connectivity index (χ2n) is 8.92. The molecule has 7 nitrogen and oxygen atoms in total. The Morgan fingerprint density at radius 2 is 1.94 bits per heavy atom. The number of hydrogen-bond donors (Lipinski definition) is 1. The Labute approximate surface area is 191 Å². The Morgan fingerprint density at radius 3 is 2.66 bits per heavy atom. The molecule has 0 spiro atoms. The van der Waals surface area contributed by atoms with Crippen molar-refractivity contribution in [3.63, 3.8) is 0 Å². The third-order valence-electron chi connectivity index (χ3n) is 6.68. The van der Waals surface area contributed by atoms with E-state index in [1.807, 2.05) is 0 Å². The lowest BCUT2D eigenvalue weighted by molar-refractivity contribution is -0.0750. The molecule has 32 heavy (non-hydrogen) atoms. The Bertz CT molecular complexity index is 985. The van der Waals surface area contributed by atoms with Gasteiger partial charge in [0.05, 0.1) is 37.1 Å². The molecule has 174 valence electrons. The zero-order chi connectivity index (χ0) is 21.9. The lowest BCUT2D eigenvalue weighted by Gasteiger charge is -2.41. The minimum absolute atomic E-state index is 0.00630. The predicted octanol–water partition coefficient (Wildman–Crippen LogP) is 2.96. The van der Waals surface area contributed by atoms with Crippen molar-refractivity contribution in [3.8, 4) is 5.75 Å². The van der Waals surface area contributed by atoms with E-state index < -0.39 is 11.4 Å². The van der Waals surface area contributed by atoms with Gasteiger partial charge in [0.1, 0.15) is 22.8 Å². The van der Waals surface area contributed by atoms with Gasteiger partial charge in [-0.1, -0.05) is 0 Å². The average molecular weight is 464 g/mol. The first kappa shape index (κ1) is 22.1. The van der Waals surface area contributed by atoms with Crippen LogP contribution >= 0.6 is 11.8 Å². The fourth-order valence-corrected chi connectivity index (χ4v) is 5.63. The molecular weight excluding hydrogens is 433 g/mol.